The van der Waals surface area contributed by atoms with Crippen molar-refractivity contribution in [1.82, 2.24) is 20.1 Å². The Balaban J connectivity index is 2.08. The maximum Gasteiger partial charge on any atom is 0.239 e. The minimum atomic E-state index is -0.0562. The van der Waals surface area contributed by atoms with Gasteiger partial charge in [0.15, 0.2) is 11.0 Å². The maximum absolute atomic E-state index is 5.62. The standard InChI is InChI=1S/C11H16N6OS/c1-3-4-9-16-10(18-17-9)6(2)19-11-14-7(12)5-8(13)15-11/h5-6H,3-4H2,1-2H3,(H4,12,13,14,15). The second-order valence-electron chi connectivity index (χ2n) is 4.06. The van der Waals surface area contributed by atoms with Crippen LogP contribution in [0, 0.1) is 0 Å². The number of hydrogen-bond donors (Lipinski definition) is 2. The van der Waals surface area contributed by atoms with Crippen molar-refractivity contribution in [2.75, 3.05) is 11.5 Å². The fourth-order valence-corrected chi connectivity index (χ4v) is 2.31. The Kier molecular flexibility index (Phi) is 4.20. The molecular formula is C11H16N6OS. The molecule has 0 saturated heterocycles. The molecule has 2 rings (SSSR count). The number of nitrogens with zero attached hydrogens (tertiary/aromatic N) is 4. The van der Waals surface area contributed by atoms with Crippen molar-refractivity contribution in [3.63, 3.8) is 0 Å². The van der Waals surface area contributed by atoms with Gasteiger partial charge in [0.1, 0.15) is 11.6 Å². The lowest BCUT2D eigenvalue weighted by Crippen LogP contribution is -2.00. The van der Waals surface area contributed by atoms with Crippen LogP contribution in [0.3, 0.4) is 0 Å². The zero-order valence-electron chi connectivity index (χ0n) is 10.8. The molecule has 0 aromatic carbocycles. The van der Waals surface area contributed by atoms with Gasteiger partial charge in [-0.1, -0.05) is 23.8 Å². The van der Waals surface area contributed by atoms with Gasteiger partial charge in [-0.05, 0) is 13.3 Å². The van der Waals surface area contributed by atoms with Crippen LogP contribution in [0.1, 0.15) is 37.2 Å². The van der Waals surface area contributed by atoms with E-state index in [-0.39, 0.29) is 5.25 Å². The van der Waals surface area contributed by atoms with Crippen LogP contribution >= 0.6 is 11.8 Å². The topological polar surface area (TPSA) is 117 Å². The fraction of sp³-hybridized carbons (Fsp3) is 0.455. The number of hydrogen-bond acceptors (Lipinski definition) is 8. The second kappa shape index (κ2) is 5.87. The third kappa shape index (κ3) is 3.57. The van der Waals surface area contributed by atoms with Crippen LogP contribution in [0.4, 0.5) is 11.6 Å². The molecular weight excluding hydrogens is 264 g/mol. The molecule has 0 aliphatic rings. The molecule has 0 bridgehead atoms. The van der Waals surface area contributed by atoms with Gasteiger partial charge in [0.2, 0.25) is 5.89 Å². The van der Waals surface area contributed by atoms with E-state index in [1.165, 1.54) is 17.8 Å². The Hall–Kier alpha value is -1.83. The van der Waals surface area contributed by atoms with Crippen molar-refractivity contribution in [3.05, 3.63) is 17.8 Å². The van der Waals surface area contributed by atoms with Crippen LogP contribution < -0.4 is 11.5 Å². The third-order valence-electron chi connectivity index (χ3n) is 2.33. The van der Waals surface area contributed by atoms with Crippen molar-refractivity contribution in [2.45, 2.75) is 37.1 Å². The summed E-state index contributed by atoms with van der Waals surface area (Å²) in [5.41, 5.74) is 11.2. The molecule has 0 saturated carbocycles. The van der Waals surface area contributed by atoms with E-state index in [0.717, 1.165) is 18.7 Å². The van der Waals surface area contributed by atoms with Gasteiger partial charge in [-0.15, -0.1) is 0 Å². The summed E-state index contributed by atoms with van der Waals surface area (Å²) in [4.78, 5) is 12.5. The molecule has 2 heterocycles. The number of nitrogen functional groups attached to an aromatic ring is 2. The number of rotatable bonds is 5. The van der Waals surface area contributed by atoms with Gasteiger partial charge in [-0.25, -0.2) is 9.97 Å². The molecule has 0 radical (unpaired) electrons. The molecule has 4 N–H and O–H groups in total. The molecule has 1 unspecified atom stereocenters. The Morgan fingerprint density at radius 1 is 1.26 bits per heavy atom. The lowest BCUT2D eigenvalue weighted by molar-refractivity contribution is 0.374. The molecule has 8 heteroatoms. The molecule has 0 spiro atoms. The molecule has 2 aromatic heterocycles. The lowest BCUT2D eigenvalue weighted by Gasteiger charge is -2.05. The summed E-state index contributed by atoms with van der Waals surface area (Å²) in [6.45, 7) is 4.01. The van der Waals surface area contributed by atoms with E-state index in [0.29, 0.717) is 22.7 Å². The van der Waals surface area contributed by atoms with E-state index < -0.39 is 0 Å². The molecule has 2 aromatic rings. The van der Waals surface area contributed by atoms with Crippen LogP contribution in [0.25, 0.3) is 0 Å². The number of aromatic nitrogens is 4. The minimum Gasteiger partial charge on any atom is -0.383 e. The zero-order chi connectivity index (χ0) is 13.8. The van der Waals surface area contributed by atoms with Gasteiger partial charge in [0.05, 0.1) is 5.25 Å². The van der Waals surface area contributed by atoms with Crippen LogP contribution in [-0.2, 0) is 6.42 Å². The zero-order valence-corrected chi connectivity index (χ0v) is 11.6. The SMILES string of the molecule is CCCc1noc(C(C)Sc2nc(N)cc(N)n2)n1. The van der Waals surface area contributed by atoms with E-state index in [1.807, 2.05) is 6.92 Å². The Labute approximate surface area is 115 Å². The summed E-state index contributed by atoms with van der Waals surface area (Å²) in [5, 5.41) is 4.36. The van der Waals surface area contributed by atoms with Crippen LogP contribution in [0.2, 0.25) is 0 Å². The smallest absolute Gasteiger partial charge is 0.239 e. The minimum absolute atomic E-state index is 0.0562. The fourth-order valence-electron chi connectivity index (χ4n) is 1.48. The van der Waals surface area contributed by atoms with Crippen LogP contribution in [0.15, 0.2) is 15.7 Å². The molecule has 7 nitrogen and oxygen atoms in total. The first-order valence-electron chi connectivity index (χ1n) is 5.97. The number of aryl methyl sites for hydroxylation is 1. The first-order chi connectivity index (χ1) is 9.08. The first kappa shape index (κ1) is 13.6. The van der Waals surface area contributed by atoms with Crippen LogP contribution in [0.5, 0.6) is 0 Å². The van der Waals surface area contributed by atoms with E-state index in [4.69, 9.17) is 16.0 Å². The predicted molar refractivity (Wildman–Crippen MR) is 73.4 cm³/mol. The van der Waals surface area contributed by atoms with E-state index >= 15 is 0 Å². The summed E-state index contributed by atoms with van der Waals surface area (Å²) < 4.78 is 5.21. The average molecular weight is 280 g/mol. The second-order valence-corrected chi connectivity index (χ2v) is 5.37. The molecule has 102 valence electrons. The van der Waals surface area contributed by atoms with Crippen molar-refractivity contribution >= 4 is 23.4 Å². The highest BCUT2D eigenvalue weighted by atomic mass is 32.2. The summed E-state index contributed by atoms with van der Waals surface area (Å²) in [7, 11) is 0. The van der Waals surface area contributed by atoms with Gasteiger partial charge >= 0.3 is 0 Å². The van der Waals surface area contributed by atoms with Crippen molar-refractivity contribution < 1.29 is 4.52 Å². The summed E-state index contributed by atoms with van der Waals surface area (Å²) in [6, 6.07) is 1.51. The molecule has 1 atom stereocenters. The Morgan fingerprint density at radius 2 is 1.95 bits per heavy atom. The average Bonchev–Trinajstić information content (AvgIpc) is 2.76. The lowest BCUT2D eigenvalue weighted by atomic mass is 10.3. The summed E-state index contributed by atoms with van der Waals surface area (Å²) >= 11 is 1.38. The van der Waals surface area contributed by atoms with Gasteiger partial charge in [-0.3, -0.25) is 0 Å². The molecule has 0 amide bonds. The van der Waals surface area contributed by atoms with E-state index in [2.05, 4.69) is 27.0 Å². The first-order valence-corrected chi connectivity index (χ1v) is 6.85. The van der Waals surface area contributed by atoms with E-state index in [9.17, 15) is 0 Å². The number of anilines is 2. The quantitative estimate of drug-likeness (QED) is 0.629. The normalized spacial score (nSPS) is 12.5. The van der Waals surface area contributed by atoms with Gasteiger partial charge in [-0.2, -0.15) is 4.98 Å². The van der Waals surface area contributed by atoms with Gasteiger partial charge in [0, 0.05) is 12.5 Å². The van der Waals surface area contributed by atoms with E-state index in [1.54, 1.807) is 0 Å². The van der Waals surface area contributed by atoms with Gasteiger partial charge in [0.25, 0.3) is 0 Å². The molecule has 0 aliphatic heterocycles. The monoisotopic (exact) mass is 280 g/mol. The molecule has 0 fully saturated rings. The molecule has 19 heavy (non-hydrogen) atoms. The third-order valence-corrected chi connectivity index (χ3v) is 3.28. The maximum atomic E-state index is 5.62. The highest BCUT2D eigenvalue weighted by molar-refractivity contribution is 7.99. The summed E-state index contributed by atoms with van der Waals surface area (Å²) in [6.07, 6.45) is 1.79. The summed E-state index contributed by atoms with van der Waals surface area (Å²) in [5.74, 6) is 1.97. The number of thioether (sulfide) groups is 1. The van der Waals surface area contributed by atoms with Crippen molar-refractivity contribution in [2.24, 2.45) is 0 Å². The highest BCUT2D eigenvalue weighted by Gasteiger charge is 2.17. The Morgan fingerprint density at radius 3 is 2.58 bits per heavy atom. The van der Waals surface area contributed by atoms with Crippen molar-refractivity contribution in [1.29, 1.82) is 0 Å². The Bertz CT molecular complexity index is 538. The largest absolute Gasteiger partial charge is 0.383 e. The highest BCUT2D eigenvalue weighted by Crippen LogP contribution is 2.32. The van der Waals surface area contributed by atoms with Crippen molar-refractivity contribution in [3.8, 4) is 0 Å². The predicted octanol–water partition coefficient (Wildman–Crippen LogP) is 1.83. The van der Waals surface area contributed by atoms with Crippen LogP contribution in [-0.4, -0.2) is 20.1 Å². The van der Waals surface area contributed by atoms with Gasteiger partial charge < -0.3 is 16.0 Å². The number of nitrogens with two attached hydrogens (primary N) is 2. The molecule has 0 aliphatic carbocycles.